The number of aromatic nitrogens is 1. The highest BCUT2D eigenvalue weighted by Gasteiger charge is 2.23. The lowest BCUT2D eigenvalue weighted by atomic mass is 10.2. The van der Waals surface area contributed by atoms with Crippen LogP contribution in [0.2, 0.25) is 5.02 Å². The Morgan fingerprint density at radius 1 is 1.07 bits per heavy atom. The van der Waals surface area contributed by atoms with Crippen molar-refractivity contribution in [2.24, 2.45) is 0 Å². The molecule has 28 heavy (non-hydrogen) atoms. The van der Waals surface area contributed by atoms with Crippen molar-refractivity contribution in [1.29, 1.82) is 0 Å². The van der Waals surface area contributed by atoms with Crippen LogP contribution in [0.4, 0.5) is 0 Å². The summed E-state index contributed by atoms with van der Waals surface area (Å²) in [5.41, 5.74) is 1.26. The largest absolute Gasteiger partial charge is 0.379 e. The second-order valence-corrected chi connectivity index (χ2v) is 8.40. The van der Waals surface area contributed by atoms with E-state index in [-0.39, 0.29) is 4.87 Å². The van der Waals surface area contributed by atoms with Crippen molar-refractivity contribution in [3.63, 3.8) is 0 Å². The molecular weight excluding hydrogens is 400 g/mol. The highest BCUT2D eigenvalue weighted by molar-refractivity contribution is 7.16. The van der Waals surface area contributed by atoms with E-state index < -0.39 is 0 Å². The highest BCUT2D eigenvalue weighted by Crippen LogP contribution is 2.29. The third-order valence-corrected chi connectivity index (χ3v) is 6.61. The number of ether oxygens (including phenoxy) is 1. The summed E-state index contributed by atoms with van der Waals surface area (Å²) in [6.07, 6.45) is 1.31. The molecule has 0 radical (unpaired) electrons. The molecule has 1 aromatic heterocycles. The second-order valence-electron chi connectivity index (χ2n) is 7.00. The third kappa shape index (κ3) is 4.03. The van der Waals surface area contributed by atoms with Gasteiger partial charge in [-0.3, -0.25) is 14.6 Å². The predicted octanol–water partition coefficient (Wildman–Crippen LogP) is 1.15. The van der Waals surface area contributed by atoms with Crippen LogP contribution in [0.25, 0.3) is 16.3 Å². The maximum atomic E-state index is 12.7. The minimum Gasteiger partial charge on any atom is -0.379 e. The van der Waals surface area contributed by atoms with Gasteiger partial charge in [-0.05, 0) is 12.1 Å². The van der Waals surface area contributed by atoms with Gasteiger partial charge in [0.1, 0.15) is 5.94 Å². The van der Waals surface area contributed by atoms with Crippen molar-refractivity contribution >= 4 is 45.2 Å². The minimum atomic E-state index is -0.0559. The number of hydrogen-bond acceptors (Lipinski definition) is 7. The standard InChI is InChI=1S/C19H23ClN4O3S/c20-16-1-2-17-18(15(16)3-12-25)24(19(26)28-17)23-8-6-21(7-9-23)4-5-22-10-13-27-14-11-22/h1-3H,4-11,13-14H2. The van der Waals surface area contributed by atoms with E-state index in [9.17, 15) is 9.59 Å². The van der Waals surface area contributed by atoms with Crippen LogP contribution in [0.1, 0.15) is 5.56 Å². The first kappa shape index (κ1) is 19.6. The van der Waals surface area contributed by atoms with Gasteiger partial charge in [-0.25, -0.2) is 9.47 Å². The predicted molar refractivity (Wildman–Crippen MR) is 113 cm³/mol. The number of nitrogens with zero attached hydrogens (tertiary/aromatic N) is 4. The van der Waals surface area contributed by atoms with Gasteiger partial charge in [-0.1, -0.05) is 22.9 Å². The highest BCUT2D eigenvalue weighted by atomic mass is 35.5. The summed E-state index contributed by atoms with van der Waals surface area (Å²) in [5, 5.41) is 2.51. The van der Waals surface area contributed by atoms with E-state index in [1.54, 1.807) is 16.7 Å². The summed E-state index contributed by atoms with van der Waals surface area (Å²) in [6.45, 7) is 9.03. The maximum absolute atomic E-state index is 12.7. The Morgan fingerprint density at radius 2 is 1.75 bits per heavy atom. The zero-order chi connectivity index (χ0) is 19.5. The summed E-state index contributed by atoms with van der Waals surface area (Å²) in [7, 11) is 0. The van der Waals surface area contributed by atoms with Crippen LogP contribution in [0.3, 0.4) is 0 Å². The van der Waals surface area contributed by atoms with Crippen LogP contribution in [-0.4, -0.2) is 86.0 Å². The lowest BCUT2D eigenvalue weighted by Crippen LogP contribution is -2.54. The first-order valence-electron chi connectivity index (χ1n) is 9.50. The average Bonchev–Trinajstić information content (AvgIpc) is 3.06. The summed E-state index contributed by atoms with van der Waals surface area (Å²) in [5.74, 6) is 1.80. The molecule has 0 spiro atoms. The van der Waals surface area contributed by atoms with Gasteiger partial charge >= 0.3 is 4.87 Å². The molecule has 0 N–H and O–H groups in total. The van der Waals surface area contributed by atoms with Gasteiger partial charge in [-0.15, -0.1) is 0 Å². The fraction of sp³-hybridized carbons (Fsp3) is 0.526. The Morgan fingerprint density at radius 3 is 2.43 bits per heavy atom. The quantitative estimate of drug-likeness (QED) is 0.674. The number of carbonyl (C=O) groups excluding carboxylic acids is 1. The normalized spacial score (nSPS) is 19.1. The number of fused-ring (bicyclic) bond motifs is 1. The van der Waals surface area contributed by atoms with Crippen molar-refractivity contribution in [2.45, 2.75) is 0 Å². The monoisotopic (exact) mass is 422 g/mol. The molecule has 3 heterocycles. The van der Waals surface area contributed by atoms with Crippen LogP contribution < -0.4 is 9.88 Å². The van der Waals surface area contributed by atoms with E-state index in [1.807, 2.05) is 6.07 Å². The van der Waals surface area contributed by atoms with E-state index in [2.05, 4.69) is 14.8 Å². The number of thiazole rings is 1. The number of benzene rings is 1. The zero-order valence-corrected chi connectivity index (χ0v) is 17.2. The molecule has 2 aromatic rings. The topological polar surface area (TPSA) is 58.0 Å². The molecule has 2 aliphatic rings. The van der Waals surface area contributed by atoms with Gasteiger partial charge in [-0.2, -0.15) is 0 Å². The molecule has 0 bridgehead atoms. The SMILES string of the molecule is O=C=Cc1c(Cl)ccc2sc(=O)n(N3CCN(CCN4CCOCC4)CC3)c12. The van der Waals surface area contributed by atoms with Crippen LogP contribution >= 0.6 is 22.9 Å². The second kappa shape index (κ2) is 8.78. The number of rotatable bonds is 5. The van der Waals surface area contributed by atoms with Gasteiger partial charge in [0, 0.05) is 64.0 Å². The molecule has 0 saturated carbocycles. The fourth-order valence-electron chi connectivity index (χ4n) is 3.81. The van der Waals surface area contributed by atoms with E-state index in [4.69, 9.17) is 16.3 Å². The molecule has 2 aliphatic heterocycles. The van der Waals surface area contributed by atoms with E-state index in [0.717, 1.165) is 70.3 Å². The molecule has 9 heteroatoms. The van der Waals surface area contributed by atoms with E-state index in [0.29, 0.717) is 16.1 Å². The Hall–Kier alpha value is -1.67. The van der Waals surface area contributed by atoms with Crippen molar-refractivity contribution in [1.82, 2.24) is 14.5 Å². The number of halogens is 1. The Kier molecular flexibility index (Phi) is 6.16. The molecule has 2 fully saturated rings. The molecule has 4 rings (SSSR count). The summed E-state index contributed by atoms with van der Waals surface area (Å²) < 4.78 is 7.91. The molecule has 2 saturated heterocycles. The maximum Gasteiger partial charge on any atom is 0.326 e. The number of hydrogen-bond donors (Lipinski definition) is 0. The minimum absolute atomic E-state index is 0.0559. The van der Waals surface area contributed by atoms with Crippen molar-refractivity contribution in [3.8, 4) is 0 Å². The number of piperazine rings is 1. The molecule has 0 atom stereocenters. The third-order valence-electron chi connectivity index (χ3n) is 5.38. The smallest absolute Gasteiger partial charge is 0.326 e. The number of morpholine rings is 1. The summed E-state index contributed by atoms with van der Waals surface area (Å²) >= 11 is 7.46. The van der Waals surface area contributed by atoms with Gasteiger partial charge < -0.3 is 9.75 Å². The van der Waals surface area contributed by atoms with E-state index >= 15 is 0 Å². The van der Waals surface area contributed by atoms with Crippen molar-refractivity contribution < 1.29 is 9.53 Å². The summed E-state index contributed by atoms with van der Waals surface area (Å²) in [6, 6.07) is 3.55. The molecule has 1 aromatic carbocycles. The molecule has 7 nitrogen and oxygen atoms in total. The van der Waals surface area contributed by atoms with Gasteiger partial charge in [0.05, 0.1) is 28.5 Å². The van der Waals surface area contributed by atoms with Crippen LogP contribution in [-0.2, 0) is 9.53 Å². The first-order valence-corrected chi connectivity index (χ1v) is 10.7. The summed E-state index contributed by atoms with van der Waals surface area (Å²) in [4.78, 5) is 28.4. The van der Waals surface area contributed by atoms with Crippen LogP contribution in [0.5, 0.6) is 0 Å². The Bertz CT molecular complexity index is 939. The van der Waals surface area contributed by atoms with E-state index in [1.165, 1.54) is 17.4 Å². The Balaban J connectivity index is 1.48. The van der Waals surface area contributed by atoms with Crippen LogP contribution in [0.15, 0.2) is 16.9 Å². The molecule has 150 valence electrons. The molecule has 0 amide bonds. The van der Waals surface area contributed by atoms with Crippen molar-refractivity contribution in [2.75, 3.05) is 70.6 Å². The lowest BCUT2D eigenvalue weighted by molar-refractivity contribution is 0.0329. The van der Waals surface area contributed by atoms with Crippen LogP contribution in [0, 0.1) is 0 Å². The average molecular weight is 423 g/mol. The van der Waals surface area contributed by atoms with Gasteiger partial charge in [0.2, 0.25) is 0 Å². The zero-order valence-electron chi connectivity index (χ0n) is 15.6. The van der Waals surface area contributed by atoms with Gasteiger partial charge in [0.15, 0.2) is 0 Å². The Labute approximate surface area is 172 Å². The van der Waals surface area contributed by atoms with Gasteiger partial charge in [0.25, 0.3) is 0 Å². The lowest BCUT2D eigenvalue weighted by Gasteiger charge is -2.37. The molecule has 0 unspecified atom stereocenters. The first-order chi connectivity index (χ1) is 13.7. The van der Waals surface area contributed by atoms with Crippen molar-refractivity contribution in [3.05, 3.63) is 32.4 Å². The molecular formula is C19H23ClN4O3S. The molecule has 0 aliphatic carbocycles. The fourth-order valence-corrected chi connectivity index (χ4v) is 4.93.